The molecule has 0 spiro atoms. The summed E-state index contributed by atoms with van der Waals surface area (Å²) in [7, 11) is 0. The van der Waals surface area contributed by atoms with E-state index in [9.17, 15) is 0 Å². The summed E-state index contributed by atoms with van der Waals surface area (Å²) in [6.07, 6.45) is 0. The Morgan fingerprint density at radius 3 is 1.54 bits per heavy atom. The molecule has 13 aromatic rings. The molecule has 0 unspecified atom stereocenters. The van der Waals surface area contributed by atoms with Gasteiger partial charge in [-0.25, -0.2) is 15.0 Å². The predicted molar refractivity (Wildman–Crippen MR) is 254 cm³/mol. The number of nitrogens with zero attached hydrogens (tertiary/aromatic N) is 3. The first kappa shape index (κ1) is 35.2. The molecule has 0 radical (unpaired) electrons. The summed E-state index contributed by atoms with van der Waals surface area (Å²) in [5.74, 6) is 1.53. The topological polar surface area (TPSA) is 78.1 Å². The fourth-order valence-electron chi connectivity index (χ4n) is 9.27. The van der Waals surface area contributed by atoms with Gasteiger partial charge in [0.25, 0.3) is 0 Å². The summed E-state index contributed by atoms with van der Waals surface area (Å²) in [4.78, 5) is 15.7. The second-order valence-electron chi connectivity index (χ2n) is 15.8. The van der Waals surface area contributed by atoms with E-state index in [4.69, 9.17) is 28.2 Å². The highest BCUT2D eigenvalue weighted by Crippen LogP contribution is 2.48. The Balaban J connectivity index is 1.15. The van der Waals surface area contributed by atoms with Gasteiger partial charge in [0, 0.05) is 43.4 Å². The summed E-state index contributed by atoms with van der Waals surface area (Å²) >= 11 is 0. The Hall–Kier alpha value is -8.61. The number of rotatable bonds is 6. The molecule has 0 amide bonds. The Labute approximate surface area is 360 Å². The molecule has 0 atom stereocenters. The molecule has 13 rings (SSSR count). The Morgan fingerprint density at radius 2 is 0.778 bits per heavy atom. The van der Waals surface area contributed by atoms with Gasteiger partial charge in [0.05, 0.1) is 11.1 Å². The van der Waals surface area contributed by atoms with E-state index in [0.29, 0.717) is 23.1 Å². The lowest BCUT2D eigenvalue weighted by molar-refractivity contribution is 0.668. The first-order chi connectivity index (χ1) is 31.2. The van der Waals surface area contributed by atoms with Crippen molar-refractivity contribution in [2.75, 3.05) is 0 Å². The van der Waals surface area contributed by atoms with Crippen molar-refractivity contribution in [2.24, 2.45) is 0 Å². The van der Waals surface area contributed by atoms with E-state index < -0.39 is 0 Å². The van der Waals surface area contributed by atoms with Crippen molar-refractivity contribution >= 4 is 65.8 Å². The van der Waals surface area contributed by atoms with Crippen LogP contribution in [0, 0.1) is 0 Å². The molecule has 0 fully saturated rings. The summed E-state index contributed by atoms with van der Waals surface area (Å²) < 4.78 is 20.3. The lowest BCUT2D eigenvalue weighted by Gasteiger charge is -2.11. The molecule has 0 saturated heterocycles. The maximum atomic E-state index is 7.32. The van der Waals surface area contributed by atoms with Gasteiger partial charge in [-0.15, -0.1) is 0 Å². The van der Waals surface area contributed by atoms with Gasteiger partial charge < -0.3 is 13.3 Å². The first-order valence-electron chi connectivity index (χ1n) is 21.0. The second kappa shape index (κ2) is 14.0. The molecule has 4 aromatic heterocycles. The van der Waals surface area contributed by atoms with Gasteiger partial charge in [-0.05, 0) is 70.3 Å². The van der Waals surface area contributed by atoms with Crippen LogP contribution in [-0.4, -0.2) is 15.0 Å². The van der Waals surface area contributed by atoms with Crippen LogP contribution in [0.3, 0.4) is 0 Å². The summed E-state index contributed by atoms with van der Waals surface area (Å²) in [6, 6.07) is 68.6. The molecule has 0 aliphatic rings. The van der Waals surface area contributed by atoms with Crippen molar-refractivity contribution in [2.45, 2.75) is 0 Å². The van der Waals surface area contributed by atoms with Crippen molar-refractivity contribution in [1.82, 2.24) is 15.0 Å². The van der Waals surface area contributed by atoms with E-state index >= 15 is 0 Å². The maximum Gasteiger partial charge on any atom is 0.167 e. The SMILES string of the molecule is c1ccc(-c2cc(-c3ccccc3)c3oc4c(-c5nc(-c6ccccc6)nc(-c6cccc7c6oc6ccccc67)n5)ccc(-c5cccc6oc7ccccc7c56)c4c3c2)cc1. The minimum Gasteiger partial charge on any atom is -0.456 e. The lowest BCUT2D eigenvalue weighted by Crippen LogP contribution is -2.00. The van der Waals surface area contributed by atoms with E-state index in [1.54, 1.807) is 0 Å². The quantitative estimate of drug-likeness (QED) is 0.166. The third-order valence-corrected chi connectivity index (χ3v) is 12.2. The molecule has 4 heterocycles. The number of aromatic nitrogens is 3. The highest BCUT2D eigenvalue weighted by Gasteiger charge is 2.25. The smallest absolute Gasteiger partial charge is 0.167 e. The molecule has 0 N–H and O–H groups in total. The van der Waals surface area contributed by atoms with E-state index in [1.165, 1.54) is 0 Å². The lowest BCUT2D eigenvalue weighted by atomic mass is 9.91. The third-order valence-electron chi connectivity index (χ3n) is 12.2. The van der Waals surface area contributed by atoms with Gasteiger partial charge in [-0.1, -0.05) is 158 Å². The molecular formula is C57H33N3O3. The Bertz CT molecular complexity index is 3910. The van der Waals surface area contributed by atoms with Crippen LogP contribution in [0.1, 0.15) is 0 Å². The van der Waals surface area contributed by atoms with Gasteiger partial charge in [0.1, 0.15) is 33.5 Å². The molecule has 9 aromatic carbocycles. The highest BCUT2D eigenvalue weighted by molar-refractivity contribution is 6.23. The molecule has 0 bridgehead atoms. The van der Waals surface area contributed by atoms with Gasteiger partial charge in [0.15, 0.2) is 17.5 Å². The number of para-hydroxylation sites is 3. The van der Waals surface area contributed by atoms with Crippen LogP contribution in [0.2, 0.25) is 0 Å². The van der Waals surface area contributed by atoms with Gasteiger partial charge in [-0.2, -0.15) is 0 Å². The van der Waals surface area contributed by atoms with E-state index in [-0.39, 0.29) is 0 Å². The standard InChI is InChI=1S/C57H33N3O3/c1-4-16-34(17-5-1)37-32-45(35-18-6-2-7-19-35)53-46(33-37)51-40(39-24-15-29-49-50(39)42-23-11-13-28-48(42)61-49)30-31-44(54(51)63-53)57-59-55(36-20-8-3-9-21-36)58-56(60-57)43-26-14-25-41-38-22-10-12-27-47(38)62-52(41)43/h1-33H. The predicted octanol–water partition coefficient (Wildman–Crippen LogP) is 15.6. The van der Waals surface area contributed by atoms with Gasteiger partial charge in [-0.3, -0.25) is 0 Å². The van der Waals surface area contributed by atoms with Crippen molar-refractivity contribution in [1.29, 1.82) is 0 Å². The normalized spacial score (nSPS) is 11.8. The van der Waals surface area contributed by atoms with Crippen LogP contribution in [0.25, 0.3) is 133 Å². The van der Waals surface area contributed by atoms with Gasteiger partial charge in [0.2, 0.25) is 0 Å². The largest absolute Gasteiger partial charge is 0.456 e. The van der Waals surface area contributed by atoms with Crippen molar-refractivity contribution in [3.63, 3.8) is 0 Å². The second-order valence-corrected chi connectivity index (χ2v) is 15.8. The summed E-state index contributed by atoms with van der Waals surface area (Å²) in [6.45, 7) is 0. The number of hydrogen-bond donors (Lipinski definition) is 0. The van der Waals surface area contributed by atoms with Crippen molar-refractivity contribution < 1.29 is 13.3 Å². The van der Waals surface area contributed by atoms with Gasteiger partial charge >= 0.3 is 0 Å². The van der Waals surface area contributed by atoms with Crippen LogP contribution < -0.4 is 0 Å². The molecule has 294 valence electrons. The van der Waals surface area contributed by atoms with E-state index in [0.717, 1.165) is 110 Å². The third kappa shape index (κ3) is 5.62. The number of fused-ring (bicyclic) bond motifs is 9. The zero-order chi connectivity index (χ0) is 41.4. The number of benzene rings is 9. The Kier molecular flexibility index (Phi) is 7.80. The molecular weight excluding hydrogens is 775 g/mol. The molecule has 6 nitrogen and oxygen atoms in total. The first-order valence-corrected chi connectivity index (χ1v) is 21.0. The minimum atomic E-state index is 0.485. The fourth-order valence-corrected chi connectivity index (χ4v) is 9.27. The molecule has 63 heavy (non-hydrogen) atoms. The van der Waals surface area contributed by atoms with Crippen LogP contribution in [0.4, 0.5) is 0 Å². The highest BCUT2D eigenvalue weighted by atomic mass is 16.3. The molecule has 6 heteroatoms. The van der Waals surface area contributed by atoms with Crippen LogP contribution in [-0.2, 0) is 0 Å². The van der Waals surface area contributed by atoms with Crippen molar-refractivity contribution in [3.8, 4) is 67.5 Å². The average Bonchev–Trinajstić information content (AvgIpc) is 4.06. The number of furan rings is 3. The van der Waals surface area contributed by atoms with E-state index in [1.807, 2.05) is 84.9 Å². The fraction of sp³-hybridized carbons (Fsp3) is 0. The minimum absolute atomic E-state index is 0.485. The monoisotopic (exact) mass is 807 g/mol. The van der Waals surface area contributed by atoms with E-state index in [2.05, 4.69) is 115 Å². The zero-order valence-corrected chi connectivity index (χ0v) is 33.6. The maximum absolute atomic E-state index is 7.32. The molecule has 0 aliphatic heterocycles. The van der Waals surface area contributed by atoms with Crippen LogP contribution in [0.15, 0.2) is 213 Å². The zero-order valence-electron chi connectivity index (χ0n) is 33.6. The summed E-state index contributed by atoms with van der Waals surface area (Å²) in [5, 5.41) is 6.08. The van der Waals surface area contributed by atoms with Crippen LogP contribution in [0.5, 0.6) is 0 Å². The summed E-state index contributed by atoms with van der Waals surface area (Å²) in [5.41, 5.74) is 13.3. The molecule has 0 aliphatic carbocycles. The van der Waals surface area contributed by atoms with Crippen LogP contribution >= 0.6 is 0 Å². The Morgan fingerprint density at radius 1 is 0.254 bits per heavy atom. The number of hydrogen-bond acceptors (Lipinski definition) is 6. The van der Waals surface area contributed by atoms with Crippen molar-refractivity contribution in [3.05, 3.63) is 200 Å². The average molecular weight is 808 g/mol. The molecule has 0 saturated carbocycles.